The van der Waals surface area contributed by atoms with E-state index in [1.165, 1.54) is 5.56 Å². The Morgan fingerprint density at radius 3 is 2.46 bits per heavy atom. The number of likely N-dealkylation sites (N-methyl/N-ethyl adjacent to an activating group) is 1. The smallest absolute Gasteiger partial charge is 0.247 e. The molecule has 4 amide bonds. The first-order chi connectivity index (χ1) is 19.9. The predicted molar refractivity (Wildman–Crippen MR) is 156 cm³/mol. The number of aryl methyl sites for hydroxylation is 1. The predicted octanol–water partition coefficient (Wildman–Crippen LogP) is 2.11. The minimum atomic E-state index is -0.940. The molecule has 1 aliphatic carbocycles. The van der Waals surface area contributed by atoms with Crippen molar-refractivity contribution in [3.63, 3.8) is 0 Å². The van der Waals surface area contributed by atoms with Crippen molar-refractivity contribution in [3.05, 3.63) is 71.3 Å². The molecular weight excluding hydrogens is 518 g/mol. The molecule has 1 unspecified atom stereocenters. The number of rotatable bonds is 7. The number of benzene rings is 2. The van der Waals surface area contributed by atoms with Crippen molar-refractivity contribution in [2.75, 3.05) is 20.1 Å². The summed E-state index contributed by atoms with van der Waals surface area (Å²) in [4.78, 5) is 57.5. The summed E-state index contributed by atoms with van der Waals surface area (Å²) in [5, 5.41) is 9.04. The van der Waals surface area contributed by atoms with E-state index in [0.717, 1.165) is 30.4 Å². The van der Waals surface area contributed by atoms with Gasteiger partial charge in [0, 0.05) is 19.1 Å². The number of carbonyl (C=O) groups is 4. The summed E-state index contributed by atoms with van der Waals surface area (Å²) >= 11 is 0. The summed E-state index contributed by atoms with van der Waals surface area (Å²) in [5.74, 6) is -0.849. The molecule has 0 radical (unpaired) electrons. The van der Waals surface area contributed by atoms with E-state index in [4.69, 9.17) is 0 Å². The summed E-state index contributed by atoms with van der Waals surface area (Å²) < 4.78 is 0. The van der Waals surface area contributed by atoms with Crippen molar-refractivity contribution < 1.29 is 19.2 Å². The van der Waals surface area contributed by atoms with Gasteiger partial charge < -0.3 is 25.8 Å². The molecule has 0 saturated carbocycles. The van der Waals surface area contributed by atoms with Gasteiger partial charge in [0.15, 0.2) is 0 Å². The van der Waals surface area contributed by atoms with Crippen molar-refractivity contribution in [3.8, 4) is 0 Å². The summed E-state index contributed by atoms with van der Waals surface area (Å²) in [6.07, 6.45) is 4.93. The fourth-order valence-corrected chi connectivity index (χ4v) is 6.45. The fraction of sp³-hybridized carbons (Fsp3) is 0.500. The highest BCUT2D eigenvalue weighted by Gasteiger charge is 2.46. The van der Waals surface area contributed by atoms with Gasteiger partial charge in [-0.15, -0.1) is 0 Å². The third-order valence-electron chi connectivity index (χ3n) is 8.87. The van der Waals surface area contributed by atoms with Crippen LogP contribution in [-0.4, -0.2) is 77.7 Å². The molecule has 9 nitrogen and oxygen atoms in total. The Kier molecular flexibility index (Phi) is 9.03. The molecule has 2 heterocycles. The van der Waals surface area contributed by atoms with Crippen molar-refractivity contribution in [2.45, 2.75) is 82.1 Å². The second kappa shape index (κ2) is 12.9. The van der Waals surface area contributed by atoms with E-state index in [9.17, 15) is 19.2 Å². The van der Waals surface area contributed by atoms with Crippen LogP contribution >= 0.6 is 0 Å². The number of nitrogens with zero attached hydrogens (tertiary/aromatic N) is 2. The van der Waals surface area contributed by atoms with Crippen molar-refractivity contribution in [1.82, 2.24) is 25.8 Å². The molecule has 3 N–H and O–H groups in total. The standard InChI is InChI=1S/C32H41N5O4/c1-21(33-2)30(39)35-27-20-36(29(38)19-22-9-4-3-5-10-22)18-17-24-15-16-28(37(24)32(27)41)31(40)34-26-14-8-12-23-11-6-7-13-25(23)26/h3-7,9-11,13,21,24,26-28,33H,8,12,14-20H2,1-2H3,(H,34,40)(H,35,39)/t21-,24+,26?,27-,28-/m0/s1. The monoisotopic (exact) mass is 559 g/mol. The molecule has 2 aromatic rings. The molecule has 0 spiro atoms. The second-order valence-electron chi connectivity index (χ2n) is 11.5. The van der Waals surface area contributed by atoms with E-state index < -0.39 is 18.1 Å². The quantitative estimate of drug-likeness (QED) is 0.481. The fourth-order valence-electron chi connectivity index (χ4n) is 6.45. The number of hydrogen-bond donors (Lipinski definition) is 3. The largest absolute Gasteiger partial charge is 0.347 e. The Morgan fingerprint density at radius 2 is 1.68 bits per heavy atom. The van der Waals surface area contributed by atoms with E-state index >= 15 is 0 Å². The van der Waals surface area contributed by atoms with Crippen LogP contribution in [0.1, 0.15) is 61.8 Å². The molecule has 5 rings (SSSR count). The van der Waals surface area contributed by atoms with Crippen LogP contribution in [0.3, 0.4) is 0 Å². The van der Waals surface area contributed by atoms with Crippen LogP contribution < -0.4 is 16.0 Å². The molecule has 3 aliphatic rings. The minimum absolute atomic E-state index is 0.0697. The maximum absolute atomic E-state index is 14.1. The zero-order valence-electron chi connectivity index (χ0n) is 24.0. The van der Waals surface area contributed by atoms with Gasteiger partial charge in [-0.3, -0.25) is 19.2 Å². The molecule has 0 bridgehead atoms. The van der Waals surface area contributed by atoms with Gasteiger partial charge in [0.2, 0.25) is 23.6 Å². The van der Waals surface area contributed by atoms with Crippen LogP contribution in [0.5, 0.6) is 0 Å². The van der Waals surface area contributed by atoms with Crippen LogP contribution in [0, 0.1) is 0 Å². The zero-order valence-corrected chi connectivity index (χ0v) is 24.0. The molecular formula is C32H41N5O4. The summed E-state index contributed by atoms with van der Waals surface area (Å²) in [7, 11) is 1.68. The number of carbonyl (C=O) groups excluding carboxylic acids is 4. The van der Waals surface area contributed by atoms with E-state index in [0.29, 0.717) is 25.8 Å². The SMILES string of the molecule is CN[C@@H](C)C(=O)N[C@H]1CN(C(=O)Cc2ccccc2)CC[C@H]2CC[C@@H](C(=O)NC3CCCc4ccccc43)N2C1=O. The molecule has 2 aromatic carbocycles. The molecule has 218 valence electrons. The highest BCUT2D eigenvalue weighted by Crippen LogP contribution is 2.33. The summed E-state index contributed by atoms with van der Waals surface area (Å²) in [5.41, 5.74) is 3.32. The van der Waals surface area contributed by atoms with Gasteiger partial charge in [0.25, 0.3) is 0 Å². The van der Waals surface area contributed by atoms with Crippen molar-refractivity contribution in [2.24, 2.45) is 0 Å². The van der Waals surface area contributed by atoms with Gasteiger partial charge in [-0.2, -0.15) is 0 Å². The van der Waals surface area contributed by atoms with E-state index in [1.807, 2.05) is 42.5 Å². The van der Waals surface area contributed by atoms with Gasteiger partial charge in [0.05, 0.1) is 18.5 Å². The van der Waals surface area contributed by atoms with Gasteiger partial charge in [-0.05, 0) is 69.2 Å². The molecule has 2 aliphatic heterocycles. The number of nitrogens with one attached hydrogen (secondary N) is 3. The van der Waals surface area contributed by atoms with Gasteiger partial charge >= 0.3 is 0 Å². The lowest BCUT2D eigenvalue weighted by atomic mass is 9.87. The van der Waals surface area contributed by atoms with E-state index in [2.05, 4.69) is 28.1 Å². The average Bonchev–Trinajstić information content (AvgIpc) is 3.41. The Labute approximate surface area is 242 Å². The highest BCUT2D eigenvalue weighted by atomic mass is 16.2. The van der Waals surface area contributed by atoms with Crippen molar-refractivity contribution >= 4 is 23.6 Å². The van der Waals surface area contributed by atoms with Crippen LogP contribution in [0.2, 0.25) is 0 Å². The molecule has 2 saturated heterocycles. The van der Waals surface area contributed by atoms with Crippen LogP contribution in [0.25, 0.3) is 0 Å². The van der Waals surface area contributed by atoms with E-state index in [-0.39, 0.29) is 48.7 Å². The molecule has 5 atom stereocenters. The first-order valence-electron chi connectivity index (χ1n) is 14.9. The normalized spacial score (nSPS) is 24.9. The zero-order chi connectivity index (χ0) is 28.9. The Balaban J connectivity index is 1.35. The third-order valence-corrected chi connectivity index (χ3v) is 8.87. The topological polar surface area (TPSA) is 111 Å². The molecule has 0 aromatic heterocycles. The Morgan fingerprint density at radius 1 is 0.927 bits per heavy atom. The van der Waals surface area contributed by atoms with Gasteiger partial charge in [-0.25, -0.2) is 0 Å². The van der Waals surface area contributed by atoms with Gasteiger partial charge in [0.1, 0.15) is 12.1 Å². The lowest BCUT2D eigenvalue weighted by molar-refractivity contribution is -0.147. The lowest BCUT2D eigenvalue weighted by Crippen LogP contribution is -2.62. The summed E-state index contributed by atoms with van der Waals surface area (Å²) in [6, 6.07) is 15.4. The second-order valence-corrected chi connectivity index (χ2v) is 11.5. The number of amides is 4. The van der Waals surface area contributed by atoms with Crippen molar-refractivity contribution in [1.29, 1.82) is 0 Å². The summed E-state index contributed by atoms with van der Waals surface area (Å²) in [6.45, 7) is 2.25. The third kappa shape index (κ3) is 6.45. The number of hydrogen-bond acceptors (Lipinski definition) is 5. The highest BCUT2D eigenvalue weighted by molar-refractivity contribution is 5.94. The number of fused-ring (bicyclic) bond motifs is 2. The Bertz CT molecular complexity index is 1270. The minimum Gasteiger partial charge on any atom is -0.347 e. The van der Waals surface area contributed by atoms with Crippen LogP contribution in [0.15, 0.2) is 54.6 Å². The van der Waals surface area contributed by atoms with Crippen LogP contribution in [-0.2, 0) is 32.0 Å². The Hall–Kier alpha value is -3.72. The lowest BCUT2D eigenvalue weighted by Gasteiger charge is -2.39. The molecule has 2 fully saturated rings. The first-order valence-corrected chi connectivity index (χ1v) is 14.9. The van der Waals surface area contributed by atoms with E-state index in [1.54, 1.807) is 23.8 Å². The molecule has 9 heteroatoms. The maximum Gasteiger partial charge on any atom is 0.247 e. The van der Waals surface area contributed by atoms with Crippen LogP contribution in [0.4, 0.5) is 0 Å². The molecule has 41 heavy (non-hydrogen) atoms. The maximum atomic E-state index is 14.1. The van der Waals surface area contributed by atoms with Gasteiger partial charge in [-0.1, -0.05) is 54.6 Å². The first kappa shape index (κ1) is 28.8. The average molecular weight is 560 g/mol.